The number of thiazole rings is 1. The molecule has 0 amide bonds. The van der Waals surface area contributed by atoms with Crippen molar-refractivity contribution >= 4 is 48.7 Å². The Balaban J connectivity index is 1.87. The van der Waals surface area contributed by atoms with Crippen LogP contribution >= 0.6 is 22.7 Å². The van der Waals surface area contributed by atoms with Crippen LogP contribution in [0.4, 0.5) is 5.69 Å². The summed E-state index contributed by atoms with van der Waals surface area (Å²) in [7, 11) is 0. The minimum atomic E-state index is -0.367. The zero-order valence-electron chi connectivity index (χ0n) is 10.6. The molecule has 0 fully saturated rings. The van der Waals surface area contributed by atoms with E-state index in [2.05, 4.69) is 11.1 Å². The summed E-state index contributed by atoms with van der Waals surface area (Å²) >= 11 is 3.25. The standard InChI is InChI=1S/C15H8N2O2S2/c18-17(19)10-5-6-12-9(7-10)8-14(20-12)15-16-11-3-1-2-4-13(11)21-15/h1-8H. The number of nitro groups is 1. The molecule has 2 aromatic carbocycles. The molecule has 4 aromatic rings. The van der Waals surface area contributed by atoms with Gasteiger partial charge in [-0.1, -0.05) is 12.1 Å². The van der Waals surface area contributed by atoms with E-state index in [1.165, 1.54) is 0 Å². The zero-order chi connectivity index (χ0) is 14.4. The summed E-state index contributed by atoms with van der Waals surface area (Å²) in [6.45, 7) is 0. The number of nitro benzene ring substituents is 1. The Morgan fingerprint density at radius 1 is 1.00 bits per heavy atom. The van der Waals surface area contributed by atoms with Crippen LogP contribution in [0.5, 0.6) is 0 Å². The first kappa shape index (κ1) is 12.4. The fourth-order valence-corrected chi connectivity index (χ4v) is 4.28. The number of fused-ring (bicyclic) bond motifs is 2. The average Bonchev–Trinajstić information content (AvgIpc) is 3.09. The number of para-hydroxylation sites is 1. The molecule has 0 spiro atoms. The molecule has 0 atom stereocenters. The highest BCUT2D eigenvalue weighted by molar-refractivity contribution is 7.28. The van der Waals surface area contributed by atoms with Crippen molar-refractivity contribution in [2.45, 2.75) is 0 Å². The summed E-state index contributed by atoms with van der Waals surface area (Å²) in [5.41, 5.74) is 1.11. The van der Waals surface area contributed by atoms with Crippen molar-refractivity contribution in [1.29, 1.82) is 0 Å². The summed E-state index contributed by atoms with van der Waals surface area (Å²) in [6, 6.07) is 14.9. The van der Waals surface area contributed by atoms with E-state index in [0.717, 1.165) is 30.2 Å². The Kier molecular flexibility index (Phi) is 2.73. The van der Waals surface area contributed by atoms with Gasteiger partial charge in [-0.25, -0.2) is 4.98 Å². The topological polar surface area (TPSA) is 56.0 Å². The minimum absolute atomic E-state index is 0.121. The number of nitrogens with zero attached hydrogens (tertiary/aromatic N) is 2. The predicted octanol–water partition coefficient (Wildman–Crippen LogP) is 5.09. The Labute approximate surface area is 127 Å². The Morgan fingerprint density at radius 3 is 2.67 bits per heavy atom. The first-order valence-electron chi connectivity index (χ1n) is 6.25. The number of thiophene rings is 1. The molecule has 4 nitrogen and oxygen atoms in total. The number of non-ortho nitro benzene ring substituents is 1. The van der Waals surface area contributed by atoms with Gasteiger partial charge < -0.3 is 0 Å². The molecular weight excluding hydrogens is 304 g/mol. The average molecular weight is 312 g/mol. The maximum Gasteiger partial charge on any atom is 0.270 e. The molecule has 0 radical (unpaired) electrons. The van der Waals surface area contributed by atoms with Gasteiger partial charge in [-0.2, -0.15) is 0 Å². The first-order valence-corrected chi connectivity index (χ1v) is 7.88. The third kappa shape index (κ3) is 2.09. The first-order chi connectivity index (χ1) is 10.2. The van der Waals surface area contributed by atoms with Gasteiger partial charge in [-0.3, -0.25) is 10.1 Å². The minimum Gasteiger partial charge on any atom is -0.258 e. The lowest BCUT2D eigenvalue weighted by Gasteiger charge is -1.89. The largest absolute Gasteiger partial charge is 0.270 e. The van der Waals surface area contributed by atoms with E-state index in [1.54, 1.807) is 40.9 Å². The highest BCUT2D eigenvalue weighted by atomic mass is 32.1. The third-order valence-electron chi connectivity index (χ3n) is 3.22. The molecule has 102 valence electrons. The summed E-state index contributed by atoms with van der Waals surface area (Å²) < 4.78 is 2.19. The molecule has 0 aliphatic rings. The van der Waals surface area contributed by atoms with Gasteiger partial charge in [0.05, 0.1) is 20.0 Å². The van der Waals surface area contributed by atoms with Gasteiger partial charge >= 0.3 is 0 Å². The summed E-state index contributed by atoms with van der Waals surface area (Å²) in [5, 5.41) is 12.7. The van der Waals surface area contributed by atoms with E-state index in [-0.39, 0.29) is 10.6 Å². The molecule has 0 aliphatic carbocycles. The van der Waals surface area contributed by atoms with Crippen LogP contribution in [0.25, 0.3) is 30.2 Å². The molecule has 0 saturated carbocycles. The van der Waals surface area contributed by atoms with Crippen LogP contribution in [0.2, 0.25) is 0 Å². The molecule has 21 heavy (non-hydrogen) atoms. The highest BCUT2D eigenvalue weighted by Gasteiger charge is 2.12. The molecule has 0 bridgehead atoms. The van der Waals surface area contributed by atoms with Crippen LogP contribution in [0.15, 0.2) is 48.5 Å². The lowest BCUT2D eigenvalue weighted by molar-refractivity contribution is -0.384. The van der Waals surface area contributed by atoms with Crippen molar-refractivity contribution in [3.8, 4) is 9.88 Å². The predicted molar refractivity (Wildman–Crippen MR) is 87.1 cm³/mol. The zero-order valence-corrected chi connectivity index (χ0v) is 12.3. The monoisotopic (exact) mass is 312 g/mol. The fraction of sp³-hybridized carbons (Fsp3) is 0. The van der Waals surface area contributed by atoms with Gasteiger partial charge in [0.15, 0.2) is 0 Å². The van der Waals surface area contributed by atoms with Crippen molar-refractivity contribution in [2.24, 2.45) is 0 Å². The second-order valence-corrected chi connectivity index (χ2v) is 6.69. The van der Waals surface area contributed by atoms with Crippen molar-refractivity contribution in [3.63, 3.8) is 0 Å². The highest BCUT2D eigenvalue weighted by Crippen LogP contribution is 2.38. The second kappa shape index (κ2) is 4.61. The van der Waals surface area contributed by atoms with Crippen LogP contribution in [0.1, 0.15) is 0 Å². The summed E-state index contributed by atoms with van der Waals surface area (Å²) in [5.74, 6) is 0. The number of aromatic nitrogens is 1. The second-order valence-electron chi connectivity index (χ2n) is 4.58. The molecule has 0 saturated heterocycles. The molecule has 0 unspecified atom stereocenters. The smallest absolute Gasteiger partial charge is 0.258 e. The van der Waals surface area contributed by atoms with Gasteiger partial charge in [-0.15, -0.1) is 22.7 Å². The lowest BCUT2D eigenvalue weighted by Crippen LogP contribution is -1.85. The van der Waals surface area contributed by atoms with Gasteiger partial charge in [0, 0.05) is 16.8 Å². The van der Waals surface area contributed by atoms with E-state index in [4.69, 9.17) is 0 Å². The summed E-state index contributed by atoms with van der Waals surface area (Å²) in [6.07, 6.45) is 0. The number of rotatable bonds is 2. The maximum atomic E-state index is 10.8. The normalized spacial score (nSPS) is 11.2. The van der Waals surface area contributed by atoms with Gasteiger partial charge in [0.25, 0.3) is 5.69 Å². The fourth-order valence-electron chi connectivity index (χ4n) is 2.23. The van der Waals surface area contributed by atoms with E-state index in [9.17, 15) is 10.1 Å². The van der Waals surface area contributed by atoms with Crippen molar-refractivity contribution in [2.75, 3.05) is 0 Å². The Hall–Kier alpha value is -2.31. The van der Waals surface area contributed by atoms with E-state index >= 15 is 0 Å². The molecule has 6 heteroatoms. The van der Waals surface area contributed by atoms with E-state index < -0.39 is 0 Å². The Morgan fingerprint density at radius 2 is 1.86 bits per heavy atom. The molecule has 0 aliphatic heterocycles. The molecular formula is C15H8N2O2S2. The lowest BCUT2D eigenvalue weighted by atomic mass is 10.2. The maximum absolute atomic E-state index is 10.8. The molecule has 2 aromatic heterocycles. The molecule has 2 heterocycles. The third-order valence-corrected chi connectivity index (χ3v) is 5.54. The Bertz CT molecular complexity index is 955. The van der Waals surface area contributed by atoms with Crippen molar-refractivity contribution < 1.29 is 4.92 Å². The molecule has 0 N–H and O–H groups in total. The SMILES string of the molecule is O=[N+]([O-])c1ccc2sc(-c3nc4ccccc4s3)cc2c1. The molecule has 4 rings (SSSR count). The van der Waals surface area contributed by atoms with Crippen LogP contribution in [-0.4, -0.2) is 9.91 Å². The van der Waals surface area contributed by atoms with E-state index in [1.807, 2.05) is 24.3 Å². The number of hydrogen-bond donors (Lipinski definition) is 0. The van der Waals surface area contributed by atoms with Crippen molar-refractivity contribution in [3.05, 3.63) is 58.6 Å². The van der Waals surface area contributed by atoms with E-state index in [0.29, 0.717) is 0 Å². The summed E-state index contributed by atoms with van der Waals surface area (Å²) in [4.78, 5) is 16.1. The number of benzene rings is 2. The van der Waals surface area contributed by atoms with Crippen molar-refractivity contribution in [1.82, 2.24) is 4.98 Å². The van der Waals surface area contributed by atoms with Crippen LogP contribution < -0.4 is 0 Å². The van der Waals surface area contributed by atoms with Gasteiger partial charge in [0.1, 0.15) is 5.01 Å². The number of hydrogen-bond acceptors (Lipinski definition) is 5. The van der Waals surface area contributed by atoms with Gasteiger partial charge in [0.2, 0.25) is 0 Å². The van der Waals surface area contributed by atoms with Crippen LogP contribution in [-0.2, 0) is 0 Å². The van der Waals surface area contributed by atoms with Crippen LogP contribution in [0.3, 0.4) is 0 Å². The van der Waals surface area contributed by atoms with Gasteiger partial charge in [-0.05, 0) is 29.7 Å². The quantitative estimate of drug-likeness (QED) is 0.383. The van der Waals surface area contributed by atoms with Crippen LogP contribution in [0, 0.1) is 10.1 Å².